The van der Waals surface area contributed by atoms with Gasteiger partial charge in [-0.25, -0.2) is 0 Å². The Morgan fingerprint density at radius 1 is 1.25 bits per heavy atom. The number of nitrogens with one attached hydrogen (secondary N) is 1. The van der Waals surface area contributed by atoms with Gasteiger partial charge in [0.1, 0.15) is 0 Å². The van der Waals surface area contributed by atoms with Crippen molar-refractivity contribution in [1.82, 2.24) is 15.2 Å². The van der Waals surface area contributed by atoms with Gasteiger partial charge >= 0.3 is 0 Å². The van der Waals surface area contributed by atoms with E-state index in [0.717, 1.165) is 23.2 Å². The van der Waals surface area contributed by atoms with Crippen molar-refractivity contribution in [3.63, 3.8) is 0 Å². The monoisotopic (exact) mass is 335 g/mol. The molecule has 0 unspecified atom stereocenters. The summed E-state index contributed by atoms with van der Waals surface area (Å²) in [4.78, 5) is 6.55. The number of benzene rings is 1. The highest BCUT2D eigenvalue weighted by molar-refractivity contribution is 9.10. The van der Waals surface area contributed by atoms with E-state index >= 15 is 0 Å². The summed E-state index contributed by atoms with van der Waals surface area (Å²) in [5.41, 5.74) is 2.16. The molecule has 0 saturated carbocycles. The van der Waals surface area contributed by atoms with E-state index in [1.807, 2.05) is 18.2 Å². The van der Waals surface area contributed by atoms with Crippen molar-refractivity contribution in [2.45, 2.75) is 20.8 Å². The Bertz CT molecular complexity index is 584. The fraction of sp³-hybridized carbons (Fsp3) is 0.357. The van der Waals surface area contributed by atoms with Crippen molar-refractivity contribution in [3.05, 3.63) is 34.4 Å². The van der Waals surface area contributed by atoms with Crippen molar-refractivity contribution in [3.8, 4) is 0 Å². The molecular formula is C14H18BrN5. The normalized spacial score (nSPS) is 10.4. The molecule has 6 heteroatoms. The molecule has 1 aromatic carbocycles. The van der Waals surface area contributed by atoms with E-state index in [0.29, 0.717) is 11.8 Å². The van der Waals surface area contributed by atoms with Crippen LogP contribution in [0.2, 0.25) is 0 Å². The lowest BCUT2D eigenvalue weighted by Crippen LogP contribution is -2.24. The van der Waals surface area contributed by atoms with E-state index in [9.17, 15) is 0 Å². The van der Waals surface area contributed by atoms with Crippen LogP contribution >= 0.6 is 15.9 Å². The van der Waals surface area contributed by atoms with Crippen LogP contribution in [0.3, 0.4) is 0 Å². The first kappa shape index (κ1) is 14.7. The Kier molecular flexibility index (Phi) is 4.89. The van der Waals surface area contributed by atoms with Crippen LogP contribution in [0, 0.1) is 6.92 Å². The Hall–Kier alpha value is -1.69. The van der Waals surface area contributed by atoms with Gasteiger partial charge in [-0.2, -0.15) is 10.1 Å². The molecule has 0 aliphatic heterocycles. The molecule has 1 aromatic heterocycles. The van der Waals surface area contributed by atoms with Gasteiger partial charge < -0.3 is 10.2 Å². The van der Waals surface area contributed by atoms with E-state index in [-0.39, 0.29) is 0 Å². The smallest absolute Gasteiger partial charge is 0.247 e. The van der Waals surface area contributed by atoms with Crippen LogP contribution in [0.5, 0.6) is 0 Å². The van der Waals surface area contributed by atoms with Crippen molar-refractivity contribution in [2.75, 3.05) is 23.3 Å². The largest absolute Gasteiger partial charge is 0.340 e. The maximum absolute atomic E-state index is 4.49. The number of aryl methyl sites for hydroxylation is 1. The molecule has 20 heavy (non-hydrogen) atoms. The highest BCUT2D eigenvalue weighted by Gasteiger charge is 2.07. The molecule has 0 fully saturated rings. The number of rotatable bonds is 5. The standard InChI is InChI=1S/C14H18BrN5/c1-4-20(5-2)14-18-13(9-16-19-14)17-11-7-6-10(3)12(15)8-11/h6-9H,4-5H2,1-3H3,(H,17,18,19). The van der Waals surface area contributed by atoms with Crippen LogP contribution in [0.15, 0.2) is 28.9 Å². The third-order valence-electron chi connectivity index (χ3n) is 3.04. The van der Waals surface area contributed by atoms with Crippen LogP contribution in [0.4, 0.5) is 17.5 Å². The number of aromatic nitrogens is 3. The molecule has 0 aliphatic carbocycles. The molecule has 106 valence electrons. The molecule has 2 aromatic rings. The van der Waals surface area contributed by atoms with Gasteiger partial charge in [0.25, 0.3) is 0 Å². The zero-order valence-electron chi connectivity index (χ0n) is 11.9. The second kappa shape index (κ2) is 6.65. The summed E-state index contributed by atoms with van der Waals surface area (Å²) in [5.74, 6) is 1.34. The van der Waals surface area contributed by atoms with E-state index in [1.54, 1.807) is 6.20 Å². The summed E-state index contributed by atoms with van der Waals surface area (Å²) >= 11 is 3.52. The van der Waals surface area contributed by atoms with Gasteiger partial charge in [-0.15, -0.1) is 5.10 Å². The van der Waals surface area contributed by atoms with E-state index in [1.165, 1.54) is 5.56 Å². The second-order valence-electron chi connectivity index (χ2n) is 4.40. The molecular weight excluding hydrogens is 318 g/mol. The molecule has 0 radical (unpaired) electrons. The lowest BCUT2D eigenvalue weighted by molar-refractivity contribution is 0.796. The lowest BCUT2D eigenvalue weighted by atomic mass is 10.2. The number of hydrogen-bond acceptors (Lipinski definition) is 5. The zero-order valence-corrected chi connectivity index (χ0v) is 13.5. The number of halogens is 1. The first-order valence-electron chi connectivity index (χ1n) is 6.61. The summed E-state index contributed by atoms with van der Waals surface area (Å²) < 4.78 is 1.06. The molecule has 0 spiro atoms. The quantitative estimate of drug-likeness (QED) is 0.905. The van der Waals surface area contributed by atoms with Gasteiger partial charge in [0.2, 0.25) is 5.95 Å². The first-order valence-corrected chi connectivity index (χ1v) is 7.41. The summed E-state index contributed by atoms with van der Waals surface area (Å²) in [7, 11) is 0. The highest BCUT2D eigenvalue weighted by Crippen LogP contribution is 2.23. The average molecular weight is 336 g/mol. The maximum Gasteiger partial charge on any atom is 0.247 e. The Morgan fingerprint density at radius 3 is 2.65 bits per heavy atom. The van der Waals surface area contributed by atoms with E-state index < -0.39 is 0 Å². The molecule has 0 amide bonds. The van der Waals surface area contributed by atoms with Crippen LogP contribution < -0.4 is 10.2 Å². The predicted molar refractivity (Wildman–Crippen MR) is 85.5 cm³/mol. The van der Waals surface area contributed by atoms with E-state index in [4.69, 9.17) is 0 Å². The Balaban J connectivity index is 2.21. The summed E-state index contributed by atoms with van der Waals surface area (Å²) in [6.45, 7) is 7.92. The minimum absolute atomic E-state index is 0.645. The summed E-state index contributed by atoms with van der Waals surface area (Å²) in [5, 5.41) is 11.3. The van der Waals surface area contributed by atoms with E-state index in [2.05, 4.69) is 62.1 Å². The fourth-order valence-corrected chi connectivity index (χ4v) is 2.19. The lowest BCUT2D eigenvalue weighted by Gasteiger charge is -2.18. The maximum atomic E-state index is 4.49. The van der Waals surface area contributed by atoms with Crippen LogP contribution in [0.25, 0.3) is 0 Å². The first-order chi connectivity index (χ1) is 9.63. The van der Waals surface area contributed by atoms with Gasteiger partial charge in [0, 0.05) is 23.2 Å². The van der Waals surface area contributed by atoms with Gasteiger partial charge in [-0.1, -0.05) is 22.0 Å². The SMILES string of the molecule is CCN(CC)c1nncc(Nc2ccc(C)c(Br)c2)n1. The minimum atomic E-state index is 0.645. The Morgan fingerprint density at radius 2 is 2.00 bits per heavy atom. The van der Waals surface area contributed by atoms with Crippen LogP contribution in [-0.2, 0) is 0 Å². The summed E-state index contributed by atoms with van der Waals surface area (Å²) in [6, 6.07) is 6.08. The molecule has 0 atom stereocenters. The molecule has 1 N–H and O–H groups in total. The number of hydrogen-bond donors (Lipinski definition) is 1. The van der Waals surface area contributed by atoms with Gasteiger partial charge in [0.05, 0.1) is 6.20 Å². The Labute approximate surface area is 127 Å². The predicted octanol–water partition coefficient (Wildman–Crippen LogP) is 3.53. The fourth-order valence-electron chi connectivity index (χ4n) is 1.81. The second-order valence-corrected chi connectivity index (χ2v) is 5.26. The third kappa shape index (κ3) is 3.45. The minimum Gasteiger partial charge on any atom is -0.340 e. The van der Waals surface area contributed by atoms with Crippen LogP contribution in [-0.4, -0.2) is 28.3 Å². The molecule has 1 heterocycles. The average Bonchev–Trinajstić information content (AvgIpc) is 2.45. The molecule has 0 bridgehead atoms. The highest BCUT2D eigenvalue weighted by atomic mass is 79.9. The van der Waals surface area contributed by atoms with Crippen molar-refractivity contribution < 1.29 is 0 Å². The topological polar surface area (TPSA) is 53.9 Å². The van der Waals surface area contributed by atoms with Crippen molar-refractivity contribution in [2.24, 2.45) is 0 Å². The molecule has 0 aliphatic rings. The molecule has 0 saturated heterocycles. The van der Waals surface area contributed by atoms with Gasteiger partial charge in [-0.3, -0.25) is 0 Å². The van der Waals surface area contributed by atoms with Crippen molar-refractivity contribution >= 4 is 33.4 Å². The zero-order chi connectivity index (χ0) is 14.5. The molecule has 2 rings (SSSR count). The van der Waals surface area contributed by atoms with Gasteiger partial charge in [0.15, 0.2) is 5.82 Å². The van der Waals surface area contributed by atoms with Crippen molar-refractivity contribution in [1.29, 1.82) is 0 Å². The molecule has 5 nitrogen and oxygen atoms in total. The number of nitrogens with zero attached hydrogens (tertiary/aromatic N) is 4. The number of anilines is 3. The third-order valence-corrected chi connectivity index (χ3v) is 3.89. The van der Waals surface area contributed by atoms with Crippen LogP contribution in [0.1, 0.15) is 19.4 Å². The summed E-state index contributed by atoms with van der Waals surface area (Å²) in [6.07, 6.45) is 1.63. The van der Waals surface area contributed by atoms with Gasteiger partial charge in [-0.05, 0) is 38.5 Å².